The molecule has 0 bridgehead atoms. The number of hydrogen-bond acceptors (Lipinski definition) is 8. The molecular formula is C27H32N8O6. The van der Waals surface area contributed by atoms with E-state index in [0.717, 1.165) is 4.90 Å². The lowest BCUT2D eigenvalue weighted by molar-refractivity contribution is -0.165. The first-order chi connectivity index (χ1) is 19.4. The lowest BCUT2D eigenvalue weighted by Crippen LogP contribution is -2.73. The highest BCUT2D eigenvalue weighted by Crippen LogP contribution is 2.28. The minimum Gasteiger partial charge on any atom is -0.480 e. The summed E-state index contributed by atoms with van der Waals surface area (Å²) in [5.74, 6) is -3.96. The van der Waals surface area contributed by atoms with Crippen molar-refractivity contribution in [1.82, 2.24) is 20.7 Å². The van der Waals surface area contributed by atoms with Gasteiger partial charge in [0.15, 0.2) is 11.3 Å². The van der Waals surface area contributed by atoms with Crippen LogP contribution in [0.25, 0.3) is 0 Å². The number of carboxylic acid groups (broad SMARTS) is 1. The number of amides is 3. The van der Waals surface area contributed by atoms with Gasteiger partial charge in [-0.25, -0.2) is 0 Å². The van der Waals surface area contributed by atoms with Crippen molar-refractivity contribution in [2.75, 3.05) is 26.2 Å². The van der Waals surface area contributed by atoms with Gasteiger partial charge in [-0.3, -0.25) is 40.2 Å². The Kier molecular flexibility index (Phi) is 9.52. The molecule has 0 saturated carbocycles. The zero-order chi connectivity index (χ0) is 30.3. The maximum atomic E-state index is 13.6. The number of carbonyl (C=O) groups excluding carboxylic acids is 4. The van der Waals surface area contributed by atoms with E-state index < -0.39 is 41.6 Å². The standard InChI is InChI=1S/C27H32N8O6/c1-16(36)27(11-2-12-32-24(39)19-7-3-17(4-8-19)22(28)29)26(41)34(15-21(37)38)13-14-35(27)33-25(40)20-9-5-18(6-10-20)23(30)31/h3-10H,2,11-15H2,1H3,(H3,28,29)(H3,30,31)(H,32,39)(H,33,40)(H,37,38)/t27-/m1/s1. The molecule has 0 aromatic heterocycles. The van der Waals surface area contributed by atoms with E-state index in [1.807, 2.05) is 0 Å². The van der Waals surface area contributed by atoms with Gasteiger partial charge in [0.05, 0.1) is 0 Å². The van der Waals surface area contributed by atoms with E-state index in [-0.39, 0.29) is 49.7 Å². The topological polar surface area (TPSA) is 236 Å². The van der Waals surface area contributed by atoms with Gasteiger partial charge < -0.3 is 26.8 Å². The van der Waals surface area contributed by atoms with Crippen LogP contribution >= 0.6 is 0 Å². The first-order valence-electron chi connectivity index (χ1n) is 12.6. The number of piperazine rings is 1. The molecule has 1 heterocycles. The summed E-state index contributed by atoms with van der Waals surface area (Å²) in [6, 6.07) is 12.0. The number of amidine groups is 2. The van der Waals surface area contributed by atoms with Gasteiger partial charge >= 0.3 is 5.97 Å². The number of nitrogens with zero attached hydrogens (tertiary/aromatic N) is 2. The number of rotatable bonds is 12. The van der Waals surface area contributed by atoms with Crippen LogP contribution in [0.15, 0.2) is 48.5 Å². The van der Waals surface area contributed by atoms with Crippen LogP contribution in [-0.2, 0) is 14.4 Å². The molecule has 0 aliphatic carbocycles. The number of hydrazine groups is 1. The number of ketones is 1. The predicted octanol–water partition coefficient (Wildman–Crippen LogP) is -0.334. The van der Waals surface area contributed by atoms with Gasteiger partial charge in [-0.1, -0.05) is 24.3 Å². The Bertz CT molecular complexity index is 1380. The lowest BCUT2D eigenvalue weighted by atomic mass is 9.84. The first kappa shape index (κ1) is 30.4. The Balaban J connectivity index is 1.78. The third kappa shape index (κ3) is 6.91. The van der Waals surface area contributed by atoms with E-state index in [0.29, 0.717) is 16.7 Å². The smallest absolute Gasteiger partial charge is 0.323 e. The highest BCUT2D eigenvalue weighted by Gasteiger charge is 2.53. The number of nitrogens with two attached hydrogens (primary N) is 2. The van der Waals surface area contributed by atoms with Crippen molar-refractivity contribution in [2.24, 2.45) is 11.5 Å². The first-order valence-corrected chi connectivity index (χ1v) is 12.6. The van der Waals surface area contributed by atoms with E-state index >= 15 is 0 Å². The van der Waals surface area contributed by atoms with E-state index in [4.69, 9.17) is 22.3 Å². The molecule has 0 radical (unpaired) electrons. The van der Waals surface area contributed by atoms with Crippen molar-refractivity contribution in [3.8, 4) is 0 Å². The van der Waals surface area contributed by atoms with Gasteiger partial charge in [0.25, 0.3) is 17.7 Å². The quantitative estimate of drug-likeness (QED) is 0.0772. The summed E-state index contributed by atoms with van der Waals surface area (Å²) in [6.45, 7) is 0.581. The van der Waals surface area contributed by atoms with E-state index in [1.165, 1.54) is 60.5 Å². The number of carbonyl (C=O) groups is 5. The van der Waals surface area contributed by atoms with Crippen LogP contribution in [0.4, 0.5) is 0 Å². The largest absolute Gasteiger partial charge is 0.480 e. The summed E-state index contributed by atoms with van der Waals surface area (Å²) in [6.07, 6.45) is 0.0214. The normalized spacial score (nSPS) is 17.0. The molecule has 1 fully saturated rings. The highest BCUT2D eigenvalue weighted by atomic mass is 16.4. The molecule has 1 saturated heterocycles. The molecule has 14 heteroatoms. The fourth-order valence-corrected chi connectivity index (χ4v) is 4.55. The highest BCUT2D eigenvalue weighted by molar-refractivity contribution is 6.11. The molecule has 2 aromatic rings. The fourth-order valence-electron chi connectivity index (χ4n) is 4.55. The third-order valence-electron chi connectivity index (χ3n) is 6.76. The van der Waals surface area contributed by atoms with Crippen LogP contribution in [0.5, 0.6) is 0 Å². The van der Waals surface area contributed by atoms with E-state index in [2.05, 4.69) is 10.7 Å². The second-order valence-corrected chi connectivity index (χ2v) is 9.47. The fraction of sp³-hybridized carbons (Fsp3) is 0.296. The van der Waals surface area contributed by atoms with Crippen molar-refractivity contribution in [3.05, 3.63) is 70.8 Å². The van der Waals surface area contributed by atoms with Crippen LogP contribution in [0.3, 0.4) is 0 Å². The Morgan fingerprint density at radius 2 is 1.37 bits per heavy atom. The molecule has 2 aromatic carbocycles. The van der Waals surface area contributed by atoms with Gasteiger partial charge in [-0.15, -0.1) is 0 Å². The monoisotopic (exact) mass is 564 g/mol. The molecule has 1 aliphatic heterocycles. The molecule has 3 rings (SSSR count). The summed E-state index contributed by atoms with van der Waals surface area (Å²) in [7, 11) is 0. The maximum absolute atomic E-state index is 13.6. The Morgan fingerprint density at radius 1 is 0.878 bits per heavy atom. The average Bonchev–Trinajstić information content (AvgIpc) is 2.93. The molecular weight excluding hydrogens is 532 g/mol. The number of benzene rings is 2. The molecule has 216 valence electrons. The van der Waals surface area contributed by atoms with Crippen LogP contribution in [0.2, 0.25) is 0 Å². The Hall–Kier alpha value is -5.11. The third-order valence-corrected chi connectivity index (χ3v) is 6.76. The van der Waals surface area contributed by atoms with Crippen molar-refractivity contribution in [2.45, 2.75) is 25.3 Å². The molecule has 1 atom stereocenters. The van der Waals surface area contributed by atoms with Crippen LogP contribution in [0, 0.1) is 10.8 Å². The van der Waals surface area contributed by atoms with Gasteiger partial charge in [0.2, 0.25) is 0 Å². The van der Waals surface area contributed by atoms with Gasteiger partial charge in [-0.05, 0) is 44.0 Å². The molecule has 41 heavy (non-hydrogen) atoms. The lowest BCUT2D eigenvalue weighted by Gasteiger charge is -2.47. The maximum Gasteiger partial charge on any atom is 0.323 e. The molecule has 0 spiro atoms. The average molecular weight is 565 g/mol. The second kappa shape index (κ2) is 12.8. The Morgan fingerprint density at radius 3 is 1.83 bits per heavy atom. The summed E-state index contributed by atoms with van der Waals surface area (Å²) < 4.78 is 0. The zero-order valence-electron chi connectivity index (χ0n) is 22.4. The van der Waals surface area contributed by atoms with Gasteiger partial charge in [0.1, 0.15) is 18.2 Å². The number of nitrogen functional groups attached to an aromatic ring is 2. The predicted molar refractivity (Wildman–Crippen MR) is 148 cm³/mol. The van der Waals surface area contributed by atoms with Crippen molar-refractivity contribution >= 4 is 41.1 Å². The van der Waals surface area contributed by atoms with Crippen LogP contribution in [0.1, 0.15) is 51.6 Å². The molecule has 9 N–H and O–H groups in total. The van der Waals surface area contributed by atoms with Gasteiger partial charge in [0, 0.05) is 41.9 Å². The summed E-state index contributed by atoms with van der Waals surface area (Å²) in [4.78, 5) is 64.8. The van der Waals surface area contributed by atoms with Crippen molar-refractivity contribution < 1.29 is 29.1 Å². The van der Waals surface area contributed by atoms with Crippen molar-refractivity contribution in [3.63, 3.8) is 0 Å². The van der Waals surface area contributed by atoms with Crippen molar-refractivity contribution in [1.29, 1.82) is 10.8 Å². The van der Waals surface area contributed by atoms with Gasteiger partial charge in [-0.2, -0.15) is 5.01 Å². The summed E-state index contributed by atoms with van der Waals surface area (Å²) in [5, 5.41) is 28.2. The second-order valence-electron chi connectivity index (χ2n) is 9.47. The SMILES string of the molecule is CC(=O)[C@]1(CCCNC(=O)c2ccc(C(=N)N)cc2)C(=O)N(CC(=O)O)CCN1NC(=O)c1ccc(C(=N)N)cc1. The van der Waals surface area contributed by atoms with Crippen LogP contribution in [-0.4, -0.2) is 87.9 Å². The van der Waals surface area contributed by atoms with E-state index in [1.54, 1.807) is 0 Å². The minimum atomic E-state index is -1.91. The Labute approximate surface area is 235 Å². The number of nitrogens with one attached hydrogen (secondary N) is 4. The van der Waals surface area contributed by atoms with Crippen LogP contribution < -0.4 is 22.2 Å². The molecule has 14 nitrogen and oxygen atoms in total. The van der Waals surface area contributed by atoms with E-state index in [9.17, 15) is 29.1 Å². The summed E-state index contributed by atoms with van der Waals surface area (Å²) >= 11 is 0. The number of Topliss-reactive ketones (excluding diaryl/α,β-unsaturated/α-hetero) is 1. The number of aliphatic carboxylic acids is 1. The minimum absolute atomic E-state index is 0.0231. The molecule has 3 amide bonds. The number of hydrogen-bond donors (Lipinski definition) is 7. The summed E-state index contributed by atoms with van der Waals surface area (Å²) in [5.41, 5.74) is 13.0. The molecule has 1 aliphatic rings. The zero-order valence-corrected chi connectivity index (χ0v) is 22.4. The number of carboxylic acids is 1. The molecule has 0 unspecified atom stereocenters.